The first-order chi connectivity index (χ1) is 7.19. The van der Waals surface area contributed by atoms with Gasteiger partial charge in [-0.25, -0.2) is 0 Å². The highest BCUT2D eigenvalue weighted by Gasteiger charge is 2.04. The summed E-state index contributed by atoms with van der Waals surface area (Å²) in [6, 6.07) is 9.80. The van der Waals surface area contributed by atoms with Crippen molar-refractivity contribution >= 4 is 5.69 Å². The first-order valence-corrected chi connectivity index (χ1v) is 4.78. The van der Waals surface area contributed by atoms with E-state index in [1.54, 1.807) is 6.07 Å². The molecule has 0 aliphatic rings. The van der Waals surface area contributed by atoms with E-state index in [1.165, 1.54) is 0 Å². The molecule has 0 amide bonds. The van der Waals surface area contributed by atoms with Crippen LogP contribution in [0.3, 0.4) is 0 Å². The second kappa shape index (κ2) is 5.02. The molecule has 0 saturated heterocycles. The molecule has 0 aliphatic carbocycles. The van der Waals surface area contributed by atoms with Crippen LogP contribution in [-0.2, 0) is 0 Å². The van der Waals surface area contributed by atoms with E-state index in [0.717, 1.165) is 11.3 Å². The summed E-state index contributed by atoms with van der Waals surface area (Å²) < 4.78 is 0. The average Bonchev–Trinajstić information content (AvgIpc) is 2.25. The molecule has 0 spiro atoms. The summed E-state index contributed by atoms with van der Waals surface area (Å²) in [5.41, 5.74) is 2.81. The zero-order valence-corrected chi connectivity index (χ0v) is 8.99. The molecule has 0 saturated carbocycles. The third kappa shape index (κ3) is 2.72. The van der Waals surface area contributed by atoms with Crippen molar-refractivity contribution in [2.45, 2.75) is 13.3 Å². The van der Waals surface area contributed by atoms with Gasteiger partial charge >= 0.3 is 0 Å². The fraction of sp³-hybridized carbons (Fsp3) is 0.333. The molecule has 76 valence electrons. The third-order valence-corrected chi connectivity index (χ3v) is 2.30. The molecule has 0 radical (unpaired) electrons. The molecule has 0 aliphatic heterocycles. The molecule has 0 bridgehead atoms. The van der Waals surface area contributed by atoms with Gasteiger partial charge in [0.05, 0.1) is 24.1 Å². The SMILES string of the molecule is Cc1cc(C#N)ccc1N(C)CCC#N. The Labute approximate surface area is 90.2 Å². The first-order valence-electron chi connectivity index (χ1n) is 4.78. The van der Waals surface area contributed by atoms with Crippen molar-refractivity contribution in [3.8, 4) is 12.1 Å². The minimum absolute atomic E-state index is 0.510. The molecular weight excluding hydrogens is 186 g/mol. The number of hydrogen-bond acceptors (Lipinski definition) is 3. The van der Waals surface area contributed by atoms with Gasteiger partial charge in [0, 0.05) is 19.3 Å². The molecule has 0 N–H and O–H groups in total. The molecule has 0 aromatic heterocycles. The zero-order valence-electron chi connectivity index (χ0n) is 8.99. The van der Waals surface area contributed by atoms with Gasteiger partial charge in [-0.1, -0.05) is 0 Å². The van der Waals surface area contributed by atoms with Crippen LogP contribution < -0.4 is 4.90 Å². The predicted molar refractivity (Wildman–Crippen MR) is 59.4 cm³/mol. The Morgan fingerprint density at radius 1 is 1.33 bits per heavy atom. The van der Waals surface area contributed by atoms with Gasteiger partial charge < -0.3 is 4.90 Å². The van der Waals surface area contributed by atoms with Crippen molar-refractivity contribution in [2.75, 3.05) is 18.5 Å². The Kier molecular flexibility index (Phi) is 3.71. The van der Waals surface area contributed by atoms with Gasteiger partial charge in [0.1, 0.15) is 0 Å². The van der Waals surface area contributed by atoms with Crippen LogP contribution in [0.15, 0.2) is 18.2 Å². The van der Waals surface area contributed by atoms with Crippen LogP contribution in [0, 0.1) is 29.6 Å². The van der Waals surface area contributed by atoms with Crippen molar-refractivity contribution in [3.05, 3.63) is 29.3 Å². The fourth-order valence-corrected chi connectivity index (χ4v) is 1.49. The Morgan fingerprint density at radius 2 is 2.07 bits per heavy atom. The molecular formula is C12H13N3. The molecule has 15 heavy (non-hydrogen) atoms. The number of nitriles is 2. The fourth-order valence-electron chi connectivity index (χ4n) is 1.49. The minimum atomic E-state index is 0.510. The second-order valence-corrected chi connectivity index (χ2v) is 3.44. The number of nitrogens with zero attached hydrogens (tertiary/aromatic N) is 3. The number of aryl methyl sites for hydroxylation is 1. The summed E-state index contributed by atoms with van der Waals surface area (Å²) in [4.78, 5) is 2.03. The number of hydrogen-bond donors (Lipinski definition) is 0. The standard InChI is InChI=1S/C12H13N3/c1-10-8-11(9-14)4-5-12(10)15(2)7-3-6-13/h4-5,8H,3,7H2,1-2H3. The van der Waals surface area contributed by atoms with Crippen LogP contribution >= 0.6 is 0 Å². The van der Waals surface area contributed by atoms with Gasteiger partial charge in [0.15, 0.2) is 0 Å². The van der Waals surface area contributed by atoms with Crippen molar-refractivity contribution < 1.29 is 0 Å². The smallest absolute Gasteiger partial charge is 0.0991 e. The average molecular weight is 199 g/mol. The van der Waals surface area contributed by atoms with E-state index in [-0.39, 0.29) is 0 Å². The summed E-state index contributed by atoms with van der Waals surface area (Å²) in [7, 11) is 1.95. The van der Waals surface area contributed by atoms with E-state index >= 15 is 0 Å². The van der Waals surface area contributed by atoms with Crippen molar-refractivity contribution in [1.29, 1.82) is 10.5 Å². The molecule has 3 heteroatoms. The van der Waals surface area contributed by atoms with Gasteiger partial charge in [-0.3, -0.25) is 0 Å². The summed E-state index contributed by atoms with van der Waals surface area (Å²) in [6.45, 7) is 2.68. The molecule has 1 rings (SSSR count). The van der Waals surface area contributed by atoms with Gasteiger partial charge in [-0.15, -0.1) is 0 Å². The summed E-state index contributed by atoms with van der Waals surface area (Å²) >= 11 is 0. The number of anilines is 1. The maximum atomic E-state index is 8.73. The lowest BCUT2D eigenvalue weighted by molar-refractivity contribution is 0.900. The van der Waals surface area contributed by atoms with Crippen LogP contribution in [0.25, 0.3) is 0 Å². The normalized spacial score (nSPS) is 9.07. The largest absolute Gasteiger partial charge is 0.373 e. The van der Waals surface area contributed by atoms with E-state index in [9.17, 15) is 0 Å². The minimum Gasteiger partial charge on any atom is -0.373 e. The van der Waals surface area contributed by atoms with E-state index < -0.39 is 0 Å². The monoisotopic (exact) mass is 199 g/mol. The van der Waals surface area contributed by atoms with Crippen LogP contribution in [0.2, 0.25) is 0 Å². The number of rotatable bonds is 3. The molecule has 3 nitrogen and oxygen atoms in total. The summed E-state index contributed by atoms with van der Waals surface area (Å²) in [6.07, 6.45) is 0.510. The highest BCUT2D eigenvalue weighted by atomic mass is 15.1. The maximum absolute atomic E-state index is 8.73. The van der Waals surface area contributed by atoms with Gasteiger partial charge in [-0.05, 0) is 30.7 Å². The Hall–Kier alpha value is -2.00. The zero-order chi connectivity index (χ0) is 11.3. The molecule has 0 fully saturated rings. The van der Waals surface area contributed by atoms with Gasteiger partial charge in [0.2, 0.25) is 0 Å². The molecule has 0 atom stereocenters. The van der Waals surface area contributed by atoms with Crippen molar-refractivity contribution in [1.82, 2.24) is 0 Å². The molecule has 1 aromatic rings. The molecule has 1 aromatic carbocycles. The lowest BCUT2D eigenvalue weighted by atomic mass is 10.1. The highest BCUT2D eigenvalue weighted by Crippen LogP contribution is 2.19. The second-order valence-electron chi connectivity index (χ2n) is 3.44. The number of benzene rings is 1. The summed E-state index contributed by atoms with van der Waals surface area (Å²) in [5, 5.41) is 17.2. The topological polar surface area (TPSA) is 50.8 Å². The Morgan fingerprint density at radius 3 is 2.60 bits per heavy atom. The van der Waals surface area contributed by atoms with Crippen LogP contribution in [-0.4, -0.2) is 13.6 Å². The van der Waals surface area contributed by atoms with E-state index in [1.807, 2.05) is 31.0 Å². The van der Waals surface area contributed by atoms with Gasteiger partial charge in [0.25, 0.3) is 0 Å². The molecule has 0 unspecified atom stereocenters. The van der Waals surface area contributed by atoms with Crippen LogP contribution in [0.1, 0.15) is 17.5 Å². The van der Waals surface area contributed by atoms with Crippen LogP contribution in [0.4, 0.5) is 5.69 Å². The predicted octanol–water partition coefficient (Wildman–Crippen LogP) is 2.22. The quantitative estimate of drug-likeness (QED) is 0.750. The van der Waals surface area contributed by atoms with Crippen molar-refractivity contribution in [3.63, 3.8) is 0 Å². The molecule has 0 heterocycles. The van der Waals surface area contributed by atoms with Crippen LogP contribution in [0.5, 0.6) is 0 Å². The third-order valence-electron chi connectivity index (χ3n) is 2.30. The van der Waals surface area contributed by atoms with E-state index in [2.05, 4.69) is 12.1 Å². The summed E-state index contributed by atoms with van der Waals surface area (Å²) in [5.74, 6) is 0. The maximum Gasteiger partial charge on any atom is 0.0991 e. The van der Waals surface area contributed by atoms with E-state index in [0.29, 0.717) is 18.5 Å². The van der Waals surface area contributed by atoms with Gasteiger partial charge in [-0.2, -0.15) is 10.5 Å². The Bertz CT molecular complexity index is 423. The first kappa shape index (κ1) is 11.1. The highest BCUT2D eigenvalue weighted by molar-refractivity contribution is 5.55. The lowest BCUT2D eigenvalue weighted by Crippen LogP contribution is -2.18. The Balaban J connectivity index is 2.87. The van der Waals surface area contributed by atoms with Crippen molar-refractivity contribution in [2.24, 2.45) is 0 Å². The van der Waals surface area contributed by atoms with E-state index in [4.69, 9.17) is 10.5 Å². The lowest BCUT2D eigenvalue weighted by Gasteiger charge is -2.20.